The highest BCUT2D eigenvalue weighted by atomic mass is 19.3. The number of nitrogens with one attached hydrogen (secondary N) is 1. The summed E-state index contributed by atoms with van der Waals surface area (Å²) < 4.78 is 29.8. The fourth-order valence-electron chi connectivity index (χ4n) is 1.42. The van der Waals surface area contributed by atoms with Crippen molar-refractivity contribution >= 4 is 5.97 Å². The Morgan fingerprint density at radius 1 is 1.56 bits per heavy atom. The molecule has 0 aromatic carbocycles. The van der Waals surface area contributed by atoms with Gasteiger partial charge in [0.05, 0.1) is 13.5 Å². The standard InChI is InChI=1S/C10H11F2NO3/c1-5-3-7(14)13-6(4-8(15)16-2)9(5)10(11)12/h3,10H,4H2,1-2H3,(H,13,14). The zero-order chi connectivity index (χ0) is 12.3. The minimum absolute atomic E-state index is 0.0909. The topological polar surface area (TPSA) is 59.2 Å². The Kier molecular flexibility index (Phi) is 3.76. The third kappa shape index (κ3) is 2.65. The van der Waals surface area contributed by atoms with Gasteiger partial charge in [-0.2, -0.15) is 0 Å². The predicted octanol–water partition coefficient (Wildman–Crippen LogP) is 1.34. The highest BCUT2D eigenvalue weighted by Gasteiger charge is 2.19. The normalized spacial score (nSPS) is 10.6. The van der Waals surface area contributed by atoms with Crippen molar-refractivity contribution in [3.8, 4) is 0 Å². The lowest BCUT2D eigenvalue weighted by molar-refractivity contribution is -0.139. The first-order valence-electron chi connectivity index (χ1n) is 4.53. The first-order valence-corrected chi connectivity index (χ1v) is 4.53. The number of aromatic nitrogens is 1. The van der Waals surface area contributed by atoms with Gasteiger partial charge in [-0.1, -0.05) is 0 Å². The number of pyridine rings is 1. The van der Waals surface area contributed by atoms with Gasteiger partial charge < -0.3 is 9.72 Å². The van der Waals surface area contributed by atoms with Gasteiger partial charge in [-0.3, -0.25) is 9.59 Å². The highest BCUT2D eigenvalue weighted by Crippen LogP contribution is 2.24. The molecule has 0 unspecified atom stereocenters. The van der Waals surface area contributed by atoms with Gasteiger partial charge in [0.2, 0.25) is 5.56 Å². The monoisotopic (exact) mass is 231 g/mol. The molecule has 0 aliphatic heterocycles. The summed E-state index contributed by atoms with van der Waals surface area (Å²) in [5, 5.41) is 0. The predicted molar refractivity (Wildman–Crippen MR) is 52.5 cm³/mol. The molecule has 4 nitrogen and oxygen atoms in total. The third-order valence-electron chi connectivity index (χ3n) is 2.14. The molecule has 0 saturated heterocycles. The largest absolute Gasteiger partial charge is 0.469 e. The number of esters is 1. The Hall–Kier alpha value is -1.72. The summed E-state index contributed by atoms with van der Waals surface area (Å²) in [6.45, 7) is 1.40. The molecule has 1 rings (SSSR count). The summed E-state index contributed by atoms with van der Waals surface area (Å²) in [6.07, 6.45) is -3.11. The number of carbonyl (C=O) groups is 1. The summed E-state index contributed by atoms with van der Waals surface area (Å²) in [5.74, 6) is -0.678. The Morgan fingerprint density at radius 3 is 2.69 bits per heavy atom. The lowest BCUT2D eigenvalue weighted by Gasteiger charge is -2.10. The van der Waals surface area contributed by atoms with Crippen molar-refractivity contribution in [2.24, 2.45) is 0 Å². The molecule has 0 amide bonds. The number of aromatic amines is 1. The highest BCUT2D eigenvalue weighted by molar-refractivity contribution is 5.72. The van der Waals surface area contributed by atoms with Crippen LogP contribution < -0.4 is 5.56 Å². The maximum absolute atomic E-state index is 12.7. The van der Waals surface area contributed by atoms with Gasteiger partial charge in [-0.25, -0.2) is 8.78 Å². The van der Waals surface area contributed by atoms with Crippen LogP contribution in [-0.4, -0.2) is 18.1 Å². The van der Waals surface area contributed by atoms with E-state index in [1.807, 2.05) is 0 Å². The molecular weight excluding hydrogens is 220 g/mol. The Balaban J connectivity index is 3.24. The lowest BCUT2D eigenvalue weighted by Crippen LogP contribution is -2.17. The van der Waals surface area contributed by atoms with E-state index < -0.39 is 18.0 Å². The number of ether oxygens (including phenoxy) is 1. The minimum Gasteiger partial charge on any atom is -0.469 e. The summed E-state index contributed by atoms with van der Waals surface area (Å²) in [6, 6.07) is 1.07. The molecule has 0 radical (unpaired) electrons. The van der Waals surface area contributed by atoms with Gasteiger partial charge in [-0.05, 0) is 12.5 Å². The molecule has 6 heteroatoms. The molecular formula is C10H11F2NO3. The second-order valence-corrected chi connectivity index (χ2v) is 3.26. The van der Waals surface area contributed by atoms with E-state index in [9.17, 15) is 18.4 Å². The van der Waals surface area contributed by atoms with Crippen molar-refractivity contribution in [3.05, 3.63) is 33.2 Å². The van der Waals surface area contributed by atoms with Crippen molar-refractivity contribution in [1.29, 1.82) is 0 Å². The molecule has 88 valence electrons. The maximum Gasteiger partial charge on any atom is 0.311 e. The number of hydrogen-bond acceptors (Lipinski definition) is 3. The van der Waals surface area contributed by atoms with Crippen molar-refractivity contribution < 1.29 is 18.3 Å². The van der Waals surface area contributed by atoms with Gasteiger partial charge in [0.1, 0.15) is 0 Å². The quantitative estimate of drug-likeness (QED) is 0.798. The van der Waals surface area contributed by atoms with Crippen LogP contribution in [0.15, 0.2) is 10.9 Å². The van der Waals surface area contributed by atoms with E-state index in [2.05, 4.69) is 9.72 Å². The Bertz CT molecular complexity index is 454. The third-order valence-corrected chi connectivity index (χ3v) is 2.14. The van der Waals surface area contributed by atoms with Crippen LogP contribution in [0.3, 0.4) is 0 Å². The number of rotatable bonds is 3. The van der Waals surface area contributed by atoms with E-state index in [0.717, 1.165) is 13.2 Å². The van der Waals surface area contributed by atoms with E-state index in [1.54, 1.807) is 0 Å². The number of alkyl halides is 2. The zero-order valence-electron chi connectivity index (χ0n) is 8.84. The summed E-state index contributed by atoms with van der Waals surface area (Å²) in [5.41, 5.74) is -0.754. The number of aryl methyl sites for hydroxylation is 1. The van der Waals surface area contributed by atoms with Crippen molar-refractivity contribution in [3.63, 3.8) is 0 Å². The molecule has 16 heavy (non-hydrogen) atoms. The van der Waals surface area contributed by atoms with Crippen LogP contribution in [0.2, 0.25) is 0 Å². The van der Waals surface area contributed by atoms with Crippen LogP contribution in [-0.2, 0) is 16.0 Å². The van der Waals surface area contributed by atoms with Crippen LogP contribution in [0.1, 0.15) is 23.2 Å². The van der Waals surface area contributed by atoms with E-state index >= 15 is 0 Å². The lowest BCUT2D eigenvalue weighted by atomic mass is 10.1. The van der Waals surface area contributed by atoms with Crippen molar-refractivity contribution in [1.82, 2.24) is 4.98 Å². The Labute approximate surface area is 90.2 Å². The second kappa shape index (κ2) is 4.87. The summed E-state index contributed by atoms with van der Waals surface area (Å²) in [4.78, 5) is 24.3. The van der Waals surface area contributed by atoms with Crippen molar-refractivity contribution in [2.75, 3.05) is 7.11 Å². The van der Waals surface area contributed by atoms with Gasteiger partial charge in [-0.15, -0.1) is 0 Å². The molecule has 0 atom stereocenters. The minimum atomic E-state index is -2.74. The van der Waals surface area contributed by atoms with Crippen LogP contribution in [0.4, 0.5) is 8.78 Å². The molecule has 1 heterocycles. The number of H-pyrrole nitrogens is 1. The van der Waals surface area contributed by atoms with E-state index in [0.29, 0.717) is 0 Å². The van der Waals surface area contributed by atoms with Gasteiger partial charge in [0, 0.05) is 17.3 Å². The number of hydrogen-bond donors (Lipinski definition) is 1. The van der Waals surface area contributed by atoms with E-state index in [-0.39, 0.29) is 23.2 Å². The molecule has 0 aliphatic rings. The zero-order valence-corrected chi connectivity index (χ0v) is 8.84. The summed E-state index contributed by atoms with van der Waals surface area (Å²) >= 11 is 0. The smallest absolute Gasteiger partial charge is 0.311 e. The fraction of sp³-hybridized carbons (Fsp3) is 0.400. The molecule has 1 N–H and O–H groups in total. The van der Waals surface area contributed by atoms with Crippen LogP contribution in [0.5, 0.6) is 0 Å². The number of methoxy groups -OCH3 is 1. The molecule has 0 spiro atoms. The van der Waals surface area contributed by atoms with Gasteiger partial charge >= 0.3 is 5.97 Å². The molecule has 0 fully saturated rings. The van der Waals surface area contributed by atoms with E-state index in [1.165, 1.54) is 6.92 Å². The van der Waals surface area contributed by atoms with Gasteiger partial charge in [0.25, 0.3) is 6.43 Å². The first kappa shape index (κ1) is 12.4. The molecule has 1 aromatic rings. The van der Waals surface area contributed by atoms with E-state index in [4.69, 9.17) is 0 Å². The van der Waals surface area contributed by atoms with Crippen molar-refractivity contribution in [2.45, 2.75) is 19.8 Å². The second-order valence-electron chi connectivity index (χ2n) is 3.26. The summed E-state index contributed by atoms with van der Waals surface area (Å²) in [7, 11) is 1.15. The van der Waals surface area contributed by atoms with Gasteiger partial charge in [0.15, 0.2) is 0 Å². The first-order chi connectivity index (χ1) is 7.45. The molecule has 0 saturated carbocycles. The SMILES string of the molecule is COC(=O)Cc1[nH]c(=O)cc(C)c1C(F)F. The number of carbonyl (C=O) groups excluding carboxylic acids is 1. The molecule has 0 bridgehead atoms. The number of halogens is 2. The Morgan fingerprint density at radius 2 is 2.19 bits per heavy atom. The average Bonchev–Trinajstić information content (AvgIpc) is 2.15. The fourth-order valence-corrected chi connectivity index (χ4v) is 1.42. The molecule has 0 aliphatic carbocycles. The van der Waals surface area contributed by atoms with Crippen LogP contribution in [0.25, 0.3) is 0 Å². The average molecular weight is 231 g/mol. The van der Waals surface area contributed by atoms with Crippen LogP contribution >= 0.6 is 0 Å². The molecule has 1 aromatic heterocycles. The maximum atomic E-state index is 12.7. The van der Waals surface area contributed by atoms with Crippen LogP contribution in [0, 0.1) is 6.92 Å².